The van der Waals surface area contributed by atoms with Crippen molar-refractivity contribution in [3.63, 3.8) is 0 Å². The summed E-state index contributed by atoms with van der Waals surface area (Å²) in [7, 11) is -0.704. The summed E-state index contributed by atoms with van der Waals surface area (Å²) in [6.45, 7) is 1.79. The highest BCUT2D eigenvalue weighted by atomic mass is 32.2. The minimum Gasteiger partial charge on any atom is -0.455 e. The van der Waals surface area contributed by atoms with Crippen LogP contribution >= 0.6 is 0 Å². The van der Waals surface area contributed by atoms with E-state index in [1.54, 1.807) is 12.1 Å². The van der Waals surface area contributed by atoms with Crippen molar-refractivity contribution in [2.24, 2.45) is 0 Å². The zero-order chi connectivity index (χ0) is 26.9. The number of nitrogens with one attached hydrogen (secondary N) is 2. The summed E-state index contributed by atoms with van der Waals surface area (Å²) < 4.78 is 45.7. The summed E-state index contributed by atoms with van der Waals surface area (Å²) in [5.74, 6) is -0.739. The second kappa shape index (κ2) is 10.1. The van der Waals surface area contributed by atoms with Crippen molar-refractivity contribution < 1.29 is 26.8 Å². The lowest BCUT2D eigenvalue weighted by atomic mass is 9.97. The first-order valence-electron chi connectivity index (χ1n) is 11.4. The molecule has 2 amide bonds. The molecular formula is C27H26FN3O5S. The molecule has 0 radical (unpaired) electrons. The Hall–Kier alpha value is -4.18. The zero-order valence-electron chi connectivity index (χ0n) is 20.8. The highest BCUT2D eigenvalue weighted by Crippen LogP contribution is 2.41. The third kappa shape index (κ3) is 5.34. The minimum absolute atomic E-state index is 0.148. The lowest BCUT2D eigenvalue weighted by Crippen LogP contribution is -2.25. The van der Waals surface area contributed by atoms with E-state index in [2.05, 4.69) is 10.6 Å². The SMILES string of the molecule is CNC(=O)c1c(-c2ccc(F)cc2)oc2cc(N(C)S(C)(=O)=O)c(-c3ccc(CNC(C)=O)cc3)cc12. The molecule has 10 heteroatoms. The van der Waals surface area contributed by atoms with Crippen LogP contribution in [0.5, 0.6) is 0 Å². The van der Waals surface area contributed by atoms with Gasteiger partial charge in [0.05, 0.1) is 17.5 Å². The van der Waals surface area contributed by atoms with Crippen LogP contribution in [0, 0.1) is 5.82 Å². The molecule has 0 aliphatic carbocycles. The molecule has 1 heterocycles. The molecule has 0 atom stereocenters. The van der Waals surface area contributed by atoms with Gasteiger partial charge in [-0.25, -0.2) is 12.8 Å². The number of hydrogen-bond donors (Lipinski definition) is 2. The lowest BCUT2D eigenvalue weighted by molar-refractivity contribution is -0.119. The maximum absolute atomic E-state index is 13.5. The van der Waals surface area contributed by atoms with E-state index < -0.39 is 21.7 Å². The Labute approximate surface area is 214 Å². The quantitative estimate of drug-likeness (QED) is 0.376. The number of nitrogens with zero attached hydrogens (tertiary/aromatic N) is 1. The van der Waals surface area contributed by atoms with Gasteiger partial charge in [0.1, 0.15) is 17.2 Å². The Balaban J connectivity index is 1.96. The fraction of sp³-hybridized carbons (Fsp3) is 0.185. The Morgan fingerprint density at radius 1 is 1.00 bits per heavy atom. The third-order valence-electron chi connectivity index (χ3n) is 6.01. The first kappa shape index (κ1) is 25.9. The van der Waals surface area contributed by atoms with Gasteiger partial charge in [0.15, 0.2) is 0 Å². The fourth-order valence-corrected chi connectivity index (χ4v) is 4.49. The van der Waals surface area contributed by atoms with Crippen molar-refractivity contribution in [2.75, 3.05) is 24.7 Å². The van der Waals surface area contributed by atoms with Gasteiger partial charge in [0.25, 0.3) is 5.91 Å². The van der Waals surface area contributed by atoms with Crippen molar-refractivity contribution in [3.8, 4) is 22.5 Å². The monoisotopic (exact) mass is 523 g/mol. The molecule has 0 saturated carbocycles. The van der Waals surface area contributed by atoms with Gasteiger partial charge in [-0.2, -0.15) is 0 Å². The molecule has 4 rings (SSSR count). The van der Waals surface area contributed by atoms with Crippen molar-refractivity contribution in [3.05, 3.63) is 77.6 Å². The number of carbonyl (C=O) groups excluding carboxylic acids is 2. The number of furan rings is 1. The van der Waals surface area contributed by atoms with E-state index in [9.17, 15) is 22.4 Å². The Morgan fingerprint density at radius 3 is 2.19 bits per heavy atom. The van der Waals surface area contributed by atoms with E-state index in [1.165, 1.54) is 45.3 Å². The molecular weight excluding hydrogens is 497 g/mol. The van der Waals surface area contributed by atoms with E-state index in [4.69, 9.17) is 4.42 Å². The van der Waals surface area contributed by atoms with Gasteiger partial charge in [0.2, 0.25) is 15.9 Å². The van der Waals surface area contributed by atoms with Gasteiger partial charge in [-0.3, -0.25) is 13.9 Å². The van der Waals surface area contributed by atoms with Crippen LogP contribution in [0.2, 0.25) is 0 Å². The molecule has 0 aliphatic heterocycles. The summed E-state index contributed by atoms with van der Waals surface area (Å²) in [5.41, 5.74) is 3.53. The molecule has 0 saturated heterocycles. The second-order valence-electron chi connectivity index (χ2n) is 8.59. The highest BCUT2D eigenvalue weighted by Gasteiger charge is 2.25. The first-order chi connectivity index (χ1) is 17.5. The standard InChI is InChI=1S/C27H26FN3O5S/c1-16(32)30-15-17-5-7-18(8-6-17)21-13-22-24(14-23(21)31(3)37(4,34)35)36-26(25(22)27(33)29-2)19-9-11-20(28)12-10-19/h5-14H,15H2,1-4H3,(H,29,33)(H,30,32). The first-order valence-corrected chi connectivity index (χ1v) is 13.2. The van der Waals surface area contributed by atoms with E-state index >= 15 is 0 Å². The van der Waals surface area contributed by atoms with Crippen molar-refractivity contribution in [1.29, 1.82) is 0 Å². The number of carbonyl (C=O) groups is 2. The van der Waals surface area contributed by atoms with Crippen LogP contribution in [0.3, 0.4) is 0 Å². The van der Waals surface area contributed by atoms with Crippen LogP contribution in [0.15, 0.2) is 65.1 Å². The molecule has 0 unspecified atom stereocenters. The summed E-state index contributed by atoms with van der Waals surface area (Å²) in [4.78, 5) is 24.2. The van der Waals surface area contributed by atoms with E-state index in [0.717, 1.165) is 16.1 Å². The number of anilines is 1. The van der Waals surface area contributed by atoms with Gasteiger partial charge >= 0.3 is 0 Å². The number of halogens is 1. The third-order valence-corrected chi connectivity index (χ3v) is 7.20. The largest absolute Gasteiger partial charge is 0.455 e. The molecule has 37 heavy (non-hydrogen) atoms. The van der Waals surface area contributed by atoms with Crippen LogP contribution in [0.4, 0.5) is 10.1 Å². The maximum atomic E-state index is 13.5. The van der Waals surface area contributed by atoms with Crippen LogP contribution in [-0.4, -0.2) is 40.6 Å². The van der Waals surface area contributed by atoms with Crippen LogP contribution in [0.25, 0.3) is 33.4 Å². The molecule has 4 aromatic rings. The topological polar surface area (TPSA) is 109 Å². The Morgan fingerprint density at radius 2 is 1.62 bits per heavy atom. The number of rotatable bonds is 7. The molecule has 0 fully saturated rings. The molecule has 8 nitrogen and oxygen atoms in total. The van der Waals surface area contributed by atoms with E-state index in [-0.39, 0.29) is 17.2 Å². The molecule has 1 aromatic heterocycles. The predicted molar refractivity (Wildman–Crippen MR) is 141 cm³/mol. The Kier molecular flexibility index (Phi) is 7.04. The van der Waals surface area contributed by atoms with Gasteiger partial charge < -0.3 is 15.1 Å². The highest BCUT2D eigenvalue weighted by molar-refractivity contribution is 7.92. The number of amides is 2. The number of hydrogen-bond acceptors (Lipinski definition) is 5. The molecule has 0 aliphatic rings. The minimum atomic E-state index is -3.64. The number of fused-ring (bicyclic) bond motifs is 1. The summed E-state index contributed by atoms with van der Waals surface area (Å²) in [5, 5.41) is 5.83. The summed E-state index contributed by atoms with van der Waals surface area (Å²) in [6.07, 6.45) is 1.10. The van der Waals surface area contributed by atoms with Crippen LogP contribution in [0.1, 0.15) is 22.8 Å². The van der Waals surface area contributed by atoms with E-state index in [1.807, 2.05) is 24.3 Å². The lowest BCUT2D eigenvalue weighted by Gasteiger charge is -2.21. The fourth-order valence-electron chi connectivity index (χ4n) is 3.99. The maximum Gasteiger partial charge on any atom is 0.255 e. The van der Waals surface area contributed by atoms with Gasteiger partial charge in [-0.15, -0.1) is 0 Å². The predicted octanol–water partition coefficient (Wildman–Crippen LogP) is 4.30. The summed E-state index contributed by atoms with van der Waals surface area (Å²) >= 11 is 0. The van der Waals surface area contributed by atoms with Crippen molar-refractivity contribution in [2.45, 2.75) is 13.5 Å². The summed E-state index contributed by atoms with van der Waals surface area (Å²) in [6, 6.07) is 16.2. The van der Waals surface area contributed by atoms with E-state index in [0.29, 0.717) is 39.9 Å². The molecule has 2 N–H and O–H groups in total. The van der Waals surface area contributed by atoms with Gasteiger partial charge in [-0.05, 0) is 41.5 Å². The second-order valence-corrected chi connectivity index (χ2v) is 10.6. The normalized spacial score (nSPS) is 11.4. The molecule has 3 aromatic carbocycles. The number of benzene rings is 3. The van der Waals surface area contributed by atoms with Crippen molar-refractivity contribution >= 4 is 38.5 Å². The smallest absolute Gasteiger partial charge is 0.255 e. The number of sulfonamides is 1. The molecule has 0 spiro atoms. The zero-order valence-corrected chi connectivity index (χ0v) is 21.6. The van der Waals surface area contributed by atoms with Gasteiger partial charge in [0, 0.05) is 50.1 Å². The van der Waals surface area contributed by atoms with Crippen LogP contribution < -0.4 is 14.9 Å². The van der Waals surface area contributed by atoms with Gasteiger partial charge in [-0.1, -0.05) is 24.3 Å². The van der Waals surface area contributed by atoms with Crippen LogP contribution in [-0.2, 0) is 21.4 Å². The van der Waals surface area contributed by atoms with Crippen molar-refractivity contribution in [1.82, 2.24) is 10.6 Å². The average molecular weight is 524 g/mol. The molecule has 0 bridgehead atoms. The average Bonchev–Trinajstić information content (AvgIpc) is 3.24. The Bertz CT molecular complexity index is 1590. The molecule has 192 valence electrons.